The van der Waals surface area contributed by atoms with Gasteiger partial charge in [0.25, 0.3) is 0 Å². The molecule has 3 rings (SSSR count). The molecule has 0 aromatic heterocycles. The maximum absolute atomic E-state index is 6.12. The number of guanidine groups is 1. The zero-order valence-corrected chi connectivity index (χ0v) is 17.9. The standard InChI is InChI=1S/C23H38N4O2/c1-2-24-23(26-18-22-10-6-16-29-22)25-13-7-17-28-21-11-14-27(15-12-21)19-20-8-4-3-5-9-20/h3-5,8-9,21-22H,2,6-7,10-19H2,1H3,(H2,24,25,26). The van der Waals surface area contributed by atoms with E-state index in [4.69, 9.17) is 9.47 Å². The first kappa shape index (κ1) is 22.1. The lowest BCUT2D eigenvalue weighted by Crippen LogP contribution is -2.39. The van der Waals surface area contributed by atoms with Crippen LogP contribution in [0.4, 0.5) is 0 Å². The van der Waals surface area contributed by atoms with E-state index in [1.54, 1.807) is 0 Å². The van der Waals surface area contributed by atoms with E-state index in [-0.39, 0.29) is 0 Å². The first-order valence-electron chi connectivity index (χ1n) is 11.3. The van der Waals surface area contributed by atoms with Gasteiger partial charge in [-0.15, -0.1) is 0 Å². The second kappa shape index (κ2) is 12.8. The Morgan fingerprint density at radius 2 is 2.00 bits per heavy atom. The van der Waals surface area contributed by atoms with Crippen LogP contribution in [0.5, 0.6) is 0 Å². The summed E-state index contributed by atoms with van der Waals surface area (Å²) >= 11 is 0. The summed E-state index contributed by atoms with van der Waals surface area (Å²) in [6.07, 6.45) is 6.24. The normalized spacial score (nSPS) is 21.4. The zero-order chi connectivity index (χ0) is 20.2. The van der Waals surface area contributed by atoms with E-state index < -0.39 is 0 Å². The van der Waals surface area contributed by atoms with Crippen LogP contribution >= 0.6 is 0 Å². The lowest BCUT2D eigenvalue weighted by Gasteiger charge is -2.32. The highest BCUT2D eigenvalue weighted by Gasteiger charge is 2.19. The Kier molecular flexibility index (Phi) is 9.76. The molecule has 2 saturated heterocycles. The smallest absolute Gasteiger partial charge is 0.191 e. The van der Waals surface area contributed by atoms with Gasteiger partial charge in [-0.1, -0.05) is 30.3 Å². The fourth-order valence-electron chi connectivity index (χ4n) is 3.93. The topological polar surface area (TPSA) is 58.1 Å². The number of nitrogens with zero attached hydrogens (tertiary/aromatic N) is 2. The lowest BCUT2D eigenvalue weighted by molar-refractivity contribution is 0.00534. The van der Waals surface area contributed by atoms with Crippen LogP contribution in [0.2, 0.25) is 0 Å². The monoisotopic (exact) mass is 402 g/mol. The average molecular weight is 403 g/mol. The van der Waals surface area contributed by atoms with Crippen LogP contribution in [0.3, 0.4) is 0 Å². The van der Waals surface area contributed by atoms with Gasteiger partial charge >= 0.3 is 0 Å². The molecule has 2 N–H and O–H groups in total. The van der Waals surface area contributed by atoms with Crippen molar-refractivity contribution in [2.24, 2.45) is 4.99 Å². The van der Waals surface area contributed by atoms with Crippen molar-refractivity contribution < 1.29 is 9.47 Å². The van der Waals surface area contributed by atoms with Gasteiger partial charge in [-0.2, -0.15) is 0 Å². The van der Waals surface area contributed by atoms with Crippen molar-refractivity contribution in [3.05, 3.63) is 35.9 Å². The van der Waals surface area contributed by atoms with Crippen LogP contribution in [-0.4, -0.2) is 69.0 Å². The highest BCUT2D eigenvalue weighted by Crippen LogP contribution is 2.16. The number of nitrogens with one attached hydrogen (secondary N) is 2. The van der Waals surface area contributed by atoms with Gasteiger partial charge < -0.3 is 20.1 Å². The van der Waals surface area contributed by atoms with E-state index >= 15 is 0 Å². The molecule has 6 nitrogen and oxygen atoms in total. The molecular formula is C23H38N4O2. The van der Waals surface area contributed by atoms with E-state index in [0.717, 1.165) is 90.5 Å². The summed E-state index contributed by atoms with van der Waals surface area (Å²) in [7, 11) is 0. The molecule has 2 heterocycles. The van der Waals surface area contributed by atoms with E-state index in [9.17, 15) is 0 Å². The van der Waals surface area contributed by atoms with Gasteiger partial charge in [0.05, 0.1) is 18.8 Å². The Morgan fingerprint density at radius 1 is 1.17 bits per heavy atom. The van der Waals surface area contributed by atoms with Crippen LogP contribution in [0.1, 0.15) is 44.6 Å². The maximum Gasteiger partial charge on any atom is 0.191 e. The molecule has 1 atom stereocenters. The Bertz CT molecular complexity index is 582. The Morgan fingerprint density at radius 3 is 2.72 bits per heavy atom. The zero-order valence-electron chi connectivity index (χ0n) is 17.9. The molecule has 2 fully saturated rings. The van der Waals surface area contributed by atoms with Crippen LogP contribution in [0.15, 0.2) is 35.3 Å². The fourth-order valence-corrected chi connectivity index (χ4v) is 3.93. The number of ether oxygens (including phenoxy) is 2. The first-order valence-corrected chi connectivity index (χ1v) is 11.3. The molecule has 2 aliphatic heterocycles. The van der Waals surface area contributed by atoms with Crippen LogP contribution in [0, 0.1) is 0 Å². The molecule has 29 heavy (non-hydrogen) atoms. The Labute approximate surface area is 176 Å². The molecule has 1 unspecified atom stereocenters. The third-order valence-electron chi connectivity index (χ3n) is 5.57. The molecular weight excluding hydrogens is 364 g/mol. The predicted octanol–water partition coefficient (Wildman–Crippen LogP) is 2.79. The molecule has 0 spiro atoms. The van der Waals surface area contributed by atoms with Crippen LogP contribution < -0.4 is 10.6 Å². The van der Waals surface area contributed by atoms with Crippen molar-refractivity contribution >= 4 is 5.96 Å². The van der Waals surface area contributed by atoms with Crippen molar-refractivity contribution in [1.29, 1.82) is 0 Å². The molecule has 1 aromatic carbocycles. The minimum Gasteiger partial charge on any atom is -0.378 e. The number of piperidine rings is 1. The van der Waals surface area contributed by atoms with E-state index in [2.05, 4.69) is 57.8 Å². The summed E-state index contributed by atoms with van der Waals surface area (Å²) in [5, 5.41) is 6.72. The third-order valence-corrected chi connectivity index (χ3v) is 5.57. The van der Waals surface area contributed by atoms with Gasteiger partial charge in [0, 0.05) is 45.9 Å². The van der Waals surface area contributed by atoms with Crippen LogP contribution in [0.25, 0.3) is 0 Å². The Hall–Kier alpha value is -1.63. The third kappa shape index (κ3) is 8.33. The quantitative estimate of drug-likeness (QED) is 0.358. The number of aliphatic imine (C=N–C) groups is 1. The van der Waals surface area contributed by atoms with Crippen molar-refractivity contribution in [1.82, 2.24) is 15.5 Å². The summed E-state index contributed by atoms with van der Waals surface area (Å²) < 4.78 is 11.8. The molecule has 162 valence electrons. The average Bonchev–Trinajstić information content (AvgIpc) is 3.27. The maximum atomic E-state index is 6.12. The minimum atomic E-state index is 0.293. The molecule has 0 saturated carbocycles. The van der Waals surface area contributed by atoms with Crippen LogP contribution in [-0.2, 0) is 16.0 Å². The largest absolute Gasteiger partial charge is 0.378 e. The van der Waals surface area contributed by atoms with Crippen molar-refractivity contribution in [3.63, 3.8) is 0 Å². The van der Waals surface area contributed by atoms with E-state index in [1.807, 2.05) is 0 Å². The second-order valence-electron chi connectivity index (χ2n) is 7.97. The molecule has 6 heteroatoms. The summed E-state index contributed by atoms with van der Waals surface area (Å²) in [4.78, 5) is 7.18. The van der Waals surface area contributed by atoms with Crippen molar-refractivity contribution in [3.8, 4) is 0 Å². The molecule has 0 aliphatic carbocycles. The van der Waals surface area contributed by atoms with E-state index in [0.29, 0.717) is 12.2 Å². The molecule has 0 bridgehead atoms. The van der Waals surface area contributed by atoms with Gasteiger partial charge in [0.1, 0.15) is 0 Å². The number of rotatable bonds is 10. The summed E-state index contributed by atoms with van der Waals surface area (Å²) in [5.74, 6) is 0.886. The lowest BCUT2D eigenvalue weighted by atomic mass is 10.1. The molecule has 1 aromatic rings. The highest BCUT2D eigenvalue weighted by molar-refractivity contribution is 5.79. The summed E-state index contributed by atoms with van der Waals surface area (Å²) in [5.41, 5.74) is 1.40. The first-order chi connectivity index (χ1) is 14.3. The molecule has 2 aliphatic rings. The van der Waals surface area contributed by atoms with Gasteiger partial charge in [0.15, 0.2) is 5.96 Å². The van der Waals surface area contributed by atoms with Gasteiger partial charge in [-0.25, -0.2) is 0 Å². The molecule has 0 radical (unpaired) electrons. The number of hydrogen-bond acceptors (Lipinski definition) is 4. The fraction of sp³-hybridized carbons (Fsp3) is 0.696. The van der Waals surface area contributed by atoms with Crippen molar-refractivity contribution in [2.75, 3.05) is 45.9 Å². The number of likely N-dealkylation sites (tertiary alicyclic amines) is 1. The second-order valence-corrected chi connectivity index (χ2v) is 7.97. The molecule has 0 amide bonds. The minimum absolute atomic E-state index is 0.293. The summed E-state index contributed by atoms with van der Waals surface area (Å²) in [6.45, 7) is 9.57. The SMILES string of the molecule is CCNC(=NCC1CCCO1)NCCCOC1CCN(Cc2ccccc2)CC1. The Balaban J connectivity index is 1.25. The predicted molar refractivity (Wildman–Crippen MR) is 118 cm³/mol. The van der Waals surface area contributed by atoms with Gasteiger partial charge in [-0.3, -0.25) is 9.89 Å². The number of benzene rings is 1. The van der Waals surface area contributed by atoms with Gasteiger partial charge in [-0.05, 0) is 44.6 Å². The van der Waals surface area contributed by atoms with Crippen molar-refractivity contribution in [2.45, 2.75) is 57.8 Å². The summed E-state index contributed by atoms with van der Waals surface area (Å²) in [6, 6.07) is 10.7. The number of hydrogen-bond donors (Lipinski definition) is 2. The van der Waals surface area contributed by atoms with Gasteiger partial charge in [0.2, 0.25) is 0 Å². The van der Waals surface area contributed by atoms with E-state index in [1.165, 1.54) is 5.56 Å². The highest BCUT2D eigenvalue weighted by atomic mass is 16.5.